The van der Waals surface area contributed by atoms with Crippen LogP contribution in [-0.4, -0.2) is 50.9 Å². The van der Waals surface area contributed by atoms with Gasteiger partial charge in [0.15, 0.2) is 0 Å². The van der Waals surface area contributed by atoms with Gasteiger partial charge in [-0.1, -0.05) is 78.3 Å². The second-order valence-corrected chi connectivity index (χ2v) is 13.9. The minimum Gasteiger partial charge on any atom is -0.495 e. The number of methoxy groups -OCH3 is 1. The third kappa shape index (κ3) is 7.99. The fourth-order valence-electron chi connectivity index (χ4n) is 5.33. The number of anilines is 1. The zero-order chi connectivity index (χ0) is 32.0. The lowest BCUT2D eigenvalue weighted by Crippen LogP contribution is -2.53. The average Bonchev–Trinajstić information content (AvgIpc) is 3.50. The number of nitrogens with one attached hydrogen (secondary N) is 1. The van der Waals surface area contributed by atoms with Gasteiger partial charge in [-0.15, -0.1) is 0 Å². The summed E-state index contributed by atoms with van der Waals surface area (Å²) in [7, 11) is -2.89. The Morgan fingerprint density at radius 1 is 0.977 bits per heavy atom. The van der Waals surface area contributed by atoms with Crippen molar-refractivity contribution in [3.8, 4) is 5.75 Å². The molecule has 1 saturated carbocycles. The number of halogens is 3. The van der Waals surface area contributed by atoms with Crippen molar-refractivity contribution in [3.05, 3.63) is 86.9 Å². The molecule has 236 valence electrons. The van der Waals surface area contributed by atoms with Gasteiger partial charge in [0.25, 0.3) is 10.0 Å². The Morgan fingerprint density at radius 2 is 1.66 bits per heavy atom. The van der Waals surface area contributed by atoms with Crippen LogP contribution in [0.1, 0.15) is 50.2 Å². The molecule has 1 atom stereocenters. The normalized spacial score (nSPS) is 14.2. The van der Waals surface area contributed by atoms with Crippen LogP contribution in [0, 0.1) is 6.92 Å². The maximum atomic E-state index is 14.3. The van der Waals surface area contributed by atoms with Crippen LogP contribution in [0.2, 0.25) is 15.1 Å². The molecule has 12 heteroatoms. The van der Waals surface area contributed by atoms with Crippen LogP contribution in [0.3, 0.4) is 0 Å². The number of carbonyl (C=O) groups is 2. The Hall–Kier alpha value is -2.98. The average molecular weight is 681 g/mol. The van der Waals surface area contributed by atoms with Crippen LogP contribution >= 0.6 is 34.8 Å². The number of hydrogen-bond donors (Lipinski definition) is 1. The van der Waals surface area contributed by atoms with Gasteiger partial charge in [0.05, 0.1) is 27.7 Å². The number of sulfonamides is 1. The van der Waals surface area contributed by atoms with Crippen molar-refractivity contribution in [3.63, 3.8) is 0 Å². The van der Waals surface area contributed by atoms with Crippen molar-refractivity contribution in [2.75, 3.05) is 18.0 Å². The van der Waals surface area contributed by atoms with Gasteiger partial charge in [-0.05, 0) is 74.2 Å². The van der Waals surface area contributed by atoms with Crippen molar-refractivity contribution in [1.29, 1.82) is 0 Å². The molecule has 0 aromatic heterocycles. The lowest BCUT2D eigenvalue weighted by Gasteiger charge is -2.34. The summed E-state index contributed by atoms with van der Waals surface area (Å²) < 4.78 is 34.8. The highest BCUT2D eigenvalue weighted by atomic mass is 35.5. The molecule has 0 saturated heterocycles. The summed E-state index contributed by atoms with van der Waals surface area (Å²) in [4.78, 5) is 29.4. The molecule has 0 radical (unpaired) electrons. The Kier molecular flexibility index (Phi) is 11.5. The number of benzene rings is 3. The first-order valence-electron chi connectivity index (χ1n) is 14.4. The van der Waals surface area contributed by atoms with Crippen LogP contribution in [0.5, 0.6) is 5.75 Å². The summed E-state index contributed by atoms with van der Waals surface area (Å²) in [5.41, 5.74) is 1.60. The van der Waals surface area contributed by atoms with Crippen LogP contribution in [0.25, 0.3) is 0 Å². The van der Waals surface area contributed by atoms with Crippen LogP contribution in [-0.2, 0) is 26.2 Å². The minimum atomic E-state index is -4.30. The molecule has 0 spiro atoms. The molecular weight excluding hydrogens is 645 g/mol. The summed E-state index contributed by atoms with van der Waals surface area (Å²) in [5, 5.41) is 4.00. The summed E-state index contributed by atoms with van der Waals surface area (Å²) in [6.45, 7) is 3.04. The van der Waals surface area contributed by atoms with Crippen molar-refractivity contribution < 1.29 is 22.7 Å². The van der Waals surface area contributed by atoms with Crippen molar-refractivity contribution in [2.45, 2.75) is 69.5 Å². The van der Waals surface area contributed by atoms with Gasteiger partial charge in [0.2, 0.25) is 11.8 Å². The molecule has 1 aliphatic carbocycles. The number of ether oxygens (including phenoxy) is 1. The van der Waals surface area contributed by atoms with E-state index in [-0.39, 0.29) is 39.8 Å². The molecule has 1 fully saturated rings. The fraction of sp³-hybridized carbons (Fsp3) is 0.375. The first-order valence-corrected chi connectivity index (χ1v) is 17.0. The van der Waals surface area contributed by atoms with Crippen LogP contribution in [0.4, 0.5) is 5.69 Å². The summed E-state index contributed by atoms with van der Waals surface area (Å²) >= 11 is 18.7. The van der Waals surface area contributed by atoms with Crippen LogP contribution < -0.4 is 14.4 Å². The third-order valence-corrected chi connectivity index (χ3v) is 10.5. The number of aryl methyl sites for hydroxylation is 1. The highest BCUT2D eigenvalue weighted by molar-refractivity contribution is 7.92. The Bertz CT molecular complexity index is 1600. The molecule has 2 amide bonds. The maximum absolute atomic E-state index is 14.3. The van der Waals surface area contributed by atoms with Crippen LogP contribution in [0.15, 0.2) is 65.6 Å². The molecule has 1 aliphatic rings. The van der Waals surface area contributed by atoms with Gasteiger partial charge in [0, 0.05) is 17.6 Å². The molecule has 1 N–H and O–H groups in total. The van der Waals surface area contributed by atoms with Crippen molar-refractivity contribution >= 4 is 62.3 Å². The zero-order valence-electron chi connectivity index (χ0n) is 24.9. The molecule has 1 unspecified atom stereocenters. The van der Waals surface area contributed by atoms with E-state index < -0.39 is 28.5 Å². The van der Waals surface area contributed by atoms with E-state index in [1.54, 1.807) is 36.4 Å². The second-order valence-electron chi connectivity index (χ2n) is 10.8. The molecule has 44 heavy (non-hydrogen) atoms. The molecule has 3 aromatic carbocycles. The zero-order valence-corrected chi connectivity index (χ0v) is 27.9. The lowest BCUT2D eigenvalue weighted by molar-refractivity contribution is -0.140. The summed E-state index contributed by atoms with van der Waals surface area (Å²) in [5.74, 6) is -0.678. The Labute approximate surface area is 274 Å². The Balaban J connectivity index is 1.78. The number of hydrogen-bond acceptors (Lipinski definition) is 5. The van der Waals surface area contributed by atoms with E-state index in [9.17, 15) is 18.0 Å². The molecule has 4 rings (SSSR count). The third-order valence-electron chi connectivity index (χ3n) is 7.72. The van der Waals surface area contributed by atoms with E-state index in [4.69, 9.17) is 39.5 Å². The lowest BCUT2D eigenvalue weighted by atomic mass is 10.1. The van der Waals surface area contributed by atoms with E-state index in [1.807, 2.05) is 13.8 Å². The fourth-order valence-corrected chi connectivity index (χ4v) is 7.23. The number of carbonyl (C=O) groups excluding carboxylic acids is 2. The quantitative estimate of drug-likeness (QED) is 0.222. The molecule has 3 aromatic rings. The molecule has 8 nitrogen and oxygen atoms in total. The van der Waals surface area contributed by atoms with Gasteiger partial charge < -0.3 is 15.0 Å². The number of nitrogens with zero attached hydrogens (tertiary/aromatic N) is 2. The molecular formula is C32H36Cl3N3O5S. The van der Waals surface area contributed by atoms with Crippen molar-refractivity contribution in [1.82, 2.24) is 10.2 Å². The topological polar surface area (TPSA) is 96.0 Å². The highest BCUT2D eigenvalue weighted by Gasteiger charge is 2.35. The predicted molar refractivity (Wildman–Crippen MR) is 175 cm³/mol. The van der Waals surface area contributed by atoms with E-state index in [2.05, 4.69) is 5.32 Å². The van der Waals surface area contributed by atoms with E-state index in [0.717, 1.165) is 35.6 Å². The smallest absolute Gasteiger partial charge is 0.264 e. The number of rotatable bonds is 12. The van der Waals surface area contributed by atoms with Gasteiger partial charge in [-0.2, -0.15) is 0 Å². The molecule has 0 bridgehead atoms. The maximum Gasteiger partial charge on any atom is 0.264 e. The molecule has 0 heterocycles. The monoisotopic (exact) mass is 679 g/mol. The summed E-state index contributed by atoms with van der Waals surface area (Å²) in [6.07, 6.45) is 4.11. The van der Waals surface area contributed by atoms with E-state index >= 15 is 0 Å². The number of amides is 2. The SMILES string of the molecule is CCC(C(=O)NC1CCCC1)N(Cc1ccc(Cl)c(Cl)c1)C(=O)CN(c1cc(Cl)ccc1OC)S(=O)(=O)c1ccc(C)cc1. The van der Waals surface area contributed by atoms with E-state index in [0.29, 0.717) is 22.0 Å². The largest absolute Gasteiger partial charge is 0.495 e. The summed E-state index contributed by atoms with van der Waals surface area (Å²) in [6, 6.07) is 15.0. The predicted octanol–water partition coefficient (Wildman–Crippen LogP) is 7.03. The first-order chi connectivity index (χ1) is 20.9. The van der Waals surface area contributed by atoms with Gasteiger partial charge in [-0.25, -0.2) is 8.42 Å². The van der Waals surface area contributed by atoms with Gasteiger partial charge in [0.1, 0.15) is 18.3 Å². The Morgan fingerprint density at radius 3 is 2.27 bits per heavy atom. The standard InChI is InChI=1S/C32H36Cl3N3O5S/c1-4-28(32(40)36-24-7-5-6-8-24)37(19-22-11-15-26(34)27(35)17-22)31(39)20-38(29-18-23(33)12-16-30(29)43-3)44(41,42)25-13-9-21(2)10-14-25/h9-18,24,28H,4-8,19-20H2,1-3H3,(H,36,40). The second kappa shape index (κ2) is 14.9. The van der Waals surface area contributed by atoms with Gasteiger partial charge in [-0.3, -0.25) is 13.9 Å². The molecule has 0 aliphatic heterocycles. The van der Waals surface area contributed by atoms with Crippen molar-refractivity contribution in [2.24, 2.45) is 0 Å². The first kappa shape index (κ1) is 33.9. The highest BCUT2D eigenvalue weighted by Crippen LogP contribution is 2.35. The minimum absolute atomic E-state index is 0.00256. The van der Waals surface area contributed by atoms with E-state index in [1.165, 1.54) is 36.3 Å². The van der Waals surface area contributed by atoms with Gasteiger partial charge >= 0.3 is 0 Å².